The number of nitrogens with one attached hydrogen (secondary N) is 1. The number of aromatic nitrogens is 2. The summed E-state index contributed by atoms with van der Waals surface area (Å²) < 4.78 is 22.1. The monoisotopic (exact) mass is 300 g/mol. The van der Waals surface area contributed by atoms with E-state index in [2.05, 4.69) is 9.97 Å². The maximum Gasteiger partial charge on any atom is 0.252 e. The average molecular weight is 300 g/mol. The number of nitrogens with two attached hydrogens (primary N) is 1. The Morgan fingerprint density at radius 2 is 2.20 bits per heavy atom. The van der Waals surface area contributed by atoms with Gasteiger partial charge in [0.15, 0.2) is 0 Å². The second-order valence-electron chi connectivity index (χ2n) is 4.82. The molecule has 2 rings (SSSR count). The normalized spacial score (nSPS) is 19.6. The topological polar surface area (TPSA) is 126 Å². The van der Waals surface area contributed by atoms with E-state index in [1.807, 2.05) is 6.92 Å². The molecule has 1 aromatic rings. The van der Waals surface area contributed by atoms with Gasteiger partial charge in [0, 0.05) is 30.6 Å². The number of sulfonamides is 1. The first-order valence-electron chi connectivity index (χ1n) is 6.19. The van der Waals surface area contributed by atoms with Crippen molar-refractivity contribution in [1.29, 1.82) is 0 Å². The second-order valence-corrected chi connectivity index (χ2v) is 6.48. The molecule has 1 saturated heterocycles. The number of primary sulfonamides is 1. The number of aromatic amines is 1. The number of H-pyrrole nitrogens is 1. The first-order chi connectivity index (χ1) is 9.28. The van der Waals surface area contributed by atoms with Gasteiger partial charge < -0.3 is 0 Å². The van der Waals surface area contributed by atoms with Gasteiger partial charge in [-0.1, -0.05) is 6.92 Å². The van der Waals surface area contributed by atoms with Gasteiger partial charge in [0.1, 0.15) is 0 Å². The summed E-state index contributed by atoms with van der Waals surface area (Å²) in [5.74, 6) is -0.744. The lowest BCUT2D eigenvalue weighted by Gasteiger charge is -2.15. The molecule has 1 atom stereocenters. The van der Waals surface area contributed by atoms with Crippen molar-refractivity contribution in [2.24, 2.45) is 11.1 Å². The lowest BCUT2D eigenvalue weighted by Crippen LogP contribution is -2.30. The predicted molar refractivity (Wildman–Crippen MR) is 72.7 cm³/mol. The standard InChI is InChI=1S/C11H16N4O4S/c1-2-8-4-9(16)14-11(13-8)15-5-7(3-10(15)17)6-20(12,18)19/h4,7H,2-3,5-6H2,1H3,(H2,12,18,19)(H,13,14,16). The molecule has 1 amide bonds. The van der Waals surface area contributed by atoms with Crippen molar-refractivity contribution in [2.45, 2.75) is 19.8 Å². The van der Waals surface area contributed by atoms with E-state index in [-0.39, 0.29) is 42.1 Å². The van der Waals surface area contributed by atoms with Crippen molar-refractivity contribution in [2.75, 3.05) is 17.2 Å². The summed E-state index contributed by atoms with van der Waals surface area (Å²) in [5.41, 5.74) is 0.237. The van der Waals surface area contributed by atoms with Crippen molar-refractivity contribution >= 4 is 21.9 Å². The van der Waals surface area contributed by atoms with Crippen LogP contribution in [0.2, 0.25) is 0 Å². The minimum atomic E-state index is -3.63. The van der Waals surface area contributed by atoms with Crippen LogP contribution in [0.15, 0.2) is 10.9 Å². The van der Waals surface area contributed by atoms with Gasteiger partial charge in [-0.2, -0.15) is 0 Å². The van der Waals surface area contributed by atoms with Gasteiger partial charge in [0.05, 0.1) is 5.75 Å². The zero-order chi connectivity index (χ0) is 14.9. The number of aryl methyl sites for hydroxylation is 1. The number of carbonyl (C=O) groups is 1. The Morgan fingerprint density at radius 3 is 2.80 bits per heavy atom. The first-order valence-corrected chi connectivity index (χ1v) is 7.91. The van der Waals surface area contributed by atoms with Crippen LogP contribution in [0.4, 0.5) is 5.95 Å². The molecule has 1 aliphatic rings. The van der Waals surface area contributed by atoms with E-state index < -0.39 is 10.0 Å². The number of carbonyl (C=O) groups excluding carboxylic acids is 1. The third-order valence-electron chi connectivity index (χ3n) is 3.07. The van der Waals surface area contributed by atoms with Crippen LogP contribution < -0.4 is 15.6 Å². The molecule has 2 heterocycles. The van der Waals surface area contributed by atoms with Crippen LogP contribution in [0.3, 0.4) is 0 Å². The molecule has 0 saturated carbocycles. The third kappa shape index (κ3) is 3.42. The molecule has 0 aliphatic carbocycles. The van der Waals surface area contributed by atoms with Crippen molar-refractivity contribution in [1.82, 2.24) is 9.97 Å². The van der Waals surface area contributed by atoms with Crippen LogP contribution in [-0.4, -0.2) is 36.6 Å². The highest BCUT2D eigenvalue weighted by atomic mass is 32.2. The molecule has 0 aromatic carbocycles. The summed E-state index contributed by atoms with van der Waals surface area (Å²) in [7, 11) is -3.63. The number of rotatable bonds is 4. The van der Waals surface area contributed by atoms with Crippen molar-refractivity contribution in [3.8, 4) is 0 Å². The van der Waals surface area contributed by atoms with Gasteiger partial charge in [0.25, 0.3) is 5.56 Å². The first kappa shape index (κ1) is 14.7. The van der Waals surface area contributed by atoms with E-state index in [0.717, 1.165) is 0 Å². The molecular formula is C11H16N4O4S. The molecule has 8 nitrogen and oxygen atoms in total. The Kier molecular flexibility index (Phi) is 3.91. The van der Waals surface area contributed by atoms with Crippen LogP contribution in [0.25, 0.3) is 0 Å². The van der Waals surface area contributed by atoms with Crippen molar-refractivity contribution < 1.29 is 13.2 Å². The Balaban J connectivity index is 2.24. The molecule has 1 aromatic heterocycles. The van der Waals surface area contributed by atoms with Gasteiger partial charge in [-0.15, -0.1) is 0 Å². The van der Waals surface area contributed by atoms with E-state index in [1.54, 1.807) is 0 Å². The molecule has 0 radical (unpaired) electrons. The van der Waals surface area contributed by atoms with E-state index in [9.17, 15) is 18.0 Å². The van der Waals surface area contributed by atoms with E-state index in [0.29, 0.717) is 12.1 Å². The summed E-state index contributed by atoms with van der Waals surface area (Å²) in [4.78, 5) is 31.4. The fourth-order valence-corrected chi connectivity index (χ4v) is 3.11. The minimum Gasteiger partial charge on any atom is -0.292 e. The van der Waals surface area contributed by atoms with E-state index >= 15 is 0 Å². The summed E-state index contributed by atoms with van der Waals surface area (Å²) in [6.45, 7) is 2.03. The highest BCUT2D eigenvalue weighted by molar-refractivity contribution is 7.89. The summed E-state index contributed by atoms with van der Waals surface area (Å²) in [6, 6.07) is 1.37. The maximum atomic E-state index is 11.9. The third-order valence-corrected chi connectivity index (χ3v) is 4.01. The lowest BCUT2D eigenvalue weighted by molar-refractivity contribution is -0.117. The van der Waals surface area contributed by atoms with Crippen molar-refractivity contribution in [3.63, 3.8) is 0 Å². The SMILES string of the molecule is CCc1cc(=O)[nH]c(N2CC(CS(N)(=O)=O)CC2=O)n1. The van der Waals surface area contributed by atoms with E-state index in [4.69, 9.17) is 5.14 Å². The zero-order valence-electron chi connectivity index (χ0n) is 11.0. The molecule has 3 N–H and O–H groups in total. The summed E-state index contributed by atoms with van der Waals surface area (Å²) >= 11 is 0. The van der Waals surface area contributed by atoms with E-state index in [1.165, 1.54) is 11.0 Å². The smallest absolute Gasteiger partial charge is 0.252 e. The fraction of sp³-hybridized carbons (Fsp3) is 0.545. The Bertz CT molecular complexity index is 682. The largest absolute Gasteiger partial charge is 0.292 e. The average Bonchev–Trinajstić information content (AvgIpc) is 2.66. The molecule has 110 valence electrons. The number of hydrogen-bond donors (Lipinski definition) is 2. The van der Waals surface area contributed by atoms with Crippen LogP contribution >= 0.6 is 0 Å². The Hall–Kier alpha value is -1.74. The summed E-state index contributed by atoms with van der Waals surface area (Å²) in [6.07, 6.45) is 0.649. The minimum absolute atomic E-state index is 0.0799. The molecule has 0 spiro atoms. The van der Waals surface area contributed by atoms with Crippen LogP contribution in [-0.2, 0) is 21.2 Å². The molecular weight excluding hydrogens is 284 g/mol. The lowest BCUT2D eigenvalue weighted by atomic mass is 10.1. The highest BCUT2D eigenvalue weighted by Crippen LogP contribution is 2.22. The summed E-state index contributed by atoms with van der Waals surface area (Å²) in [5, 5.41) is 4.98. The molecule has 1 aliphatic heterocycles. The van der Waals surface area contributed by atoms with Crippen LogP contribution in [0, 0.1) is 5.92 Å². The number of anilines is 1. The van der Waals surface area contributed by atoms with Gasteiger partial charge in [0.2, 0.25) is 21.9 Å². The highest BCUT2D eigenvalue weighted by Gasteiger charge is 2.34. The Labute approximate surface area is 116 Å². The van der Waals surface area contributed by atoms with Gasteiger partial charge in [-0.3, -0.25) is 19.5 Å². The molecule has 1 unspecified atom stereocenters. The van der Waals surface area contributed by atoms with Gasteiger partial charge in [-0.25, -0.2) is 18.5 Å². The van der Waals surface area contributed by atoms with Gasteiger partial charge in [-0.05, 0) is 6.42 Å². The number of nitrogens with zero attached hydrogens (tertiary/aromatic N) is 2. The molecule has 20 heavy (non-hydrogen) atoms. The second kappa shape index (κ2) is 5.33. The molecule has 9 heteroatoms. The molecule has 1 fully saturated rings. The van der Waals surface area contributed by atoms with Crippen LogP contribution in [0.5, 0.6) is 0 Å². The number of amides is 1. The fourth-order valence-electron chi connectivity index (χ4n) is 2.23. The number of hydrogen-bond acceptors (Lipinski definition) is 5. The predicted octanol–water partition coefficient (Wildman–Crippen LogP) is -1.03. The zero-order valence-corrected chi connectivity index (χ0v) is 11.8. The Morgan fingerprint density at radius 1 is 1.50 bits per heavy atom. The van der Waals surface area contributed by atoms with Crippen molar-refractivity contribution in [3.05, 3.63) is 22.1 Å². The van der Waals surface area contributed by atoms with Gasteiger partial charge >= 0.3 is 0 Å². The quantitative estimate of drug-likeness (QED) is 0.735. The van der Waals surface area contributed by atoms with Crippen LogP contribution in [0.1, 0.15) is 19.0 Å². The molecule has 0 bridgehead atoms. The maximum absolute atomic E-state index is 11.9.